The first kappa shape index (κ1) is 61.7. The Balaban J connectivity index is 5.67. The standard InChI is InChI=1S/C50H99N9O6/c1-3-5-7-9-11-13-15-17-19-21-23-34-45(60)55-40-36-44(56-46(61)35-24-22-20-18-16-14-12-10-8-6-4-2)50(65)59-43(33-27-30-39-53)49(64)58-42(32-26-29-38-52)48(63)57-41(47(54)62)31-25-28-37-51/h41-44H,3-40,51-53H2,1-2H3,(H2,54,62)(H,55,60)(H,56,61)(H,57,63)(H,58,64)(H,59,65)/t41-,42-,43-,44?/m0/s1. The largest absolute Gasteiger partial charge is 0.368 e. The third-order valence-corrected chi connectivity index (χ3v) is 12.2. The number of carbonyl (C=O) groups is 6. The van der Waals surface area contributed by atoms with Crippen molar-refractivity contribution in [1.29, 1.82) is 0 Å². The highest BCUT2D eigenvalue weighted by Gasteiger charge is 2.31. The van der Waals surface area contributed by atoms with Gasteiger partial charge in [-0.15, -0.1) is 0 Å². The molecule has 0 heterocycles. The van der Waals surface area contributed by atoms with Gasteiger partial charge in [-0.25, -0.2) is 0 Å². The lowest BCUT2D eigenvalue weighted by Gasteiger charge is -2.26. The molecule has 0 aromatic rings. The number of primary amides is 1. The van der Waals surface area contributed by atoms with Gasteiger partial charge in [-0.2, -0.15) is 0 Å². The van der Waals surface area contributed by atoms with Crippen molar-refractivity contribution in [2.45, 2.75) is 256 Å². The molecule has 0 rings (SSSR count). The molecule has 0 saturated heterocycles. The number of amides is 6. The Morgan fingerprint density at radius 2 is 0.662 bits per heavy atom. The summed E-state index contributed by atoms with van der Waals surface area (Å²) in [6.45, 7) is 5.86. The van der Waals surface area contributed by atoms with Crippen molar-refractivity contribution < 1.29 is 28.8 Å². The second kappa shape index (κ2) is 44.5. The lowest BCUT2D eigenvalue weighted by atomic mass is 10.0. The van der Waals surface area contributed by atoms with Gasteiger partial charge in [0.05, 0.1) is 0 Å². The zero-order valence-corrected chi connectivity index (χ0v) is 41.4. The predicted molar refractivity (Wildman–Crippen MR) is 265 cm³/mol. The van der Waals surface area contributed by atoms with E-state index in [1.807, 2.05) is 0 Å². The van der Waals surface area contributed by atoms with Crippen LogP contribution < -0.4 is 49.5 Å². The first-order valence-corrected chi connectivity index (χ1v) is 26.4. The maximum Gasteiger partial charge on any atom is 0.243 e. The summed E-state index contributed by atoms with van der Waals surface area (Å²) in [4.78, 5) is 79.8. The molecule has 0 spiro atoms. The zero-order chi connectivity index (χ0) is 48.2. The van der Waals surface area contributed by atoms with E-state index >= 15 is 0 Å². The Bertz CT molecular complexity index is 1230. The molecule has 0 aromatic heterocycles. The summed E-state index contributed by atoms with van der Waals surface area (Å²) in [7, 11) is 0. The number of rotatable bonds is 47. The molecule has 0 aromatic carbocycles. The second-order valence-corrected chi connectivity index (χ2v) is 18.3. The van der Waals surface area contributed by atoms with Gasteiger partial charge in [0.15, 0.2) is 0 Å². The van der Waals surface area contributed by atoms with Crippen LogP contribution in [0.15, 0.2) is 0 Å². The van der Waals surface area contributed by atoms with E-state index in [0.29, 0.717) is 77.4 Å². The molecule has 15 nitrogen and oxygen atoms in total. The van der Waals surface area contributed by atoms with E-state index in [-0.39, 0.29) is 44.0 Å². The fraction of sp³-hybridized carbons (Fsp3) is 0.880. The summed E-state index contributed by atoms with van der Waals surface area (Å²) < 4.78 is 0. The molecule has 4 atom stereocenters. The fourth-order valence-corrected chi connectivity index (χ4v) is 8.00. The summed E-state index contributed by atoms with van der Waals surface area (Å²) >= 11 is 0. The third kappa shape index (κ3) is 36.5. The van der Waals surface area contributed by atoms with Crippen molar-refractivity contribution in [2.75, 3.05) is 26.2 Å². The molecule has 0 radical (unpaired) electrons. The highest BCUT2D eigenvalue weighted by atomic mass is 16.2. The summed E-state index contributed by atoms with van der Waals surface area (Å²) in [5.41, 5.74) is 22.7. The van der Waals surface area contributed by atoms with Gasteiger partial charge in [0, 0.05) is 19.4 Å². The van der Waals surface area contributed by atoms with Crippen molar-refractivity contribution in [3.63, 3.8) is 0 Å². The number of carbonyl (C=O) groups excluding carboxylic acids is 6. The van der Waals surface area contributed by atoms with Gasteiger partial charge in [-0.05, 0) is 96.7 Å². The number of hydrogen-bond acceptors (Lipinski definition) is 9. The minimum absolute atomic E-state index is 0.0942. The van der Waals surface area contributed by atoms with Gasteiger partial charge in [0.25, 0.3) is 0 Å². The molecule has 380 valence electrons. The highest BCUT2D eigenvalue weighted by Crippen LogP contribution is 2.14. The quantitative estimate of drug-likeness (QED) is 0.0293. The molecular formula is C50H99N9O6. The lowest BCUT2D eigenvalue weighted by Crippen LogP contribution is -2.58. The van der Waals surface area contributed by atoms with Crippen LogP contribution in [0.5, 0.6) is 0 Å². The van der Waals surface area contributed by atoms with E-state index in [4.69, 9.17) is 22.9 Å². The molecule has 0 aliphatic heterocycles. The van der Waals surface area contributed by atoms with Crippen molar-refractivity contribution in [3.05, 3.63) is 0 Å². The Morgan fingerprint density at radius 1 is 0.354 bits per heavy atom. The van der Waals surface area contributed by atoms with E-state index in [2.05, 4.69) is 40.4 Å². The maximum absolute atomic E-state index is 14.0. The van der Waals surface area contributed by atoms with E-state index in [0.717, 1.165) is 38.5 Å². The number of nitrogens with one attached hydrogen (secondary N) is 5. The SMILES string of the molecule is CCCCCCCCCCCCCC(=O)NCCC(NC(=O)CCCCCCCCCCCCC)C(=O)N[C@@H](CCCCN)C(=O)N[C@@H](CCCCN)C(=O)N[C@@H](CCCCN)C(N)=O. The Morgan fingerprint density at radius 3 is 1.02 bits per heavy atom. The molecule has 1 unspecified atom stereocenters. The Kier molecular flexibility index (Phi) is 42.3. The lowest BCUT2D eigenvalue weighted by molar-refractivity contribution is -0.134. The van der Waals surface area contributed by atoms with E-state index in [1.54, 1.807) is 0 Å². The van der Waals surface area contributed by atoms with Crippen LogP contribution >= 0.6 is 0 Å². The van der Waals surface area contributed by atoms with Crippen LogP contribution in [0.25, 0.3) is 0 Å². The number of hydrogen-bond donors (Lipinski definition) is 9. The number of unbranched alkanes of at least 4 members (excludes halogenated alkanes) is 23. The fourth-order valence-electron chi connectivity index (χ4n) is 8.00. The summed E-state index contributed by atoms with van der Waals surface area (Å²) in [6, 6.07) is -4.00. The van der Waals surface area contributed by atoms with Crippen LogP contribution in [0, 0.1) is 0 Å². The van der Waals surface area contributed by atoms with E-state index < -0.39 is 47.8 Å². The molecule has 0 aliphatic rings. The third-order valence-electron chi connectivity index (χ3n) is 12.2. The first-order valence-electron chi connectivity index (χ1n) is 26.4. The van der Waals surface area contributed by atoms with Gasteiger partial charge in [0.1, 0.15) is 24.2 Å². The summed E-state index contributed by atoms with van der Waals surface area (Å²) in [5.74, 6) is -2.73. The van der Waals surface area contributed by atoms with Gasteiger partial charge in [-0.3, -0.25) is 28.8 Å². The molecule has 6 amide bonds. The molecule has 15 heteroatoms. The van der Waals surface area contributed by atoms with Crippen molar-refractivity contribution in [1.82, 2.24) is 26.6 Å². The van der Waals surface area contributed by atoms with Crippen molar-refractivity contribution >= 4 is 35.4 Å². The van der Waals surface area contributed by atoms with Crippen LogP contribution in [0.4, 0.5) is 0 Å². The average Bonchev–Trinajstić information content (AvgIpc) is 3.28. The van der Waals surface area contributed by atoms with Gasteiger partial charge < -0.3 is 49.5 Å². The van der Waals surface area contributed by atoms with Crippen LogP contribution in [0.3, 0.4) is 0 Å². The summed E-state index contributed by atoms with van der Waals surface area (Å²) in [5, 5.41) is 14.2. The monoisotopic (exact) mass is 922 g/mol. The van der Waals surface area contributed by atoms with Crippen molar-refractivity contribution in [2.24, 2.45) is 22.9 Å². The Hall–Kier alpha value is -3.30. The van der Waals surface area contributed by atoms with Crippen LogP contribution in [0.2, 0.25) is 0 Å². The molecule has 0 fully saturated rings. The Labute approximate surface area is 395 Å². The van der Waals surface area contributed by atoms with Gasteiger partial charge in [-0.1, -0.05) is 142 Å². The smallest absolute Gasteiger partial charge is 0.243 e. The molecule has 0 bridgehead atoms. The molecule has 0 aliphatic carbocycles. The van der Waals surface area contributed by atoms with Crippen LogP contribution in [-0.2, 0) is 28.8 Å². The molecule has 13 N–H and O–H groups in total. The molecule has 65 heavy (non-hydrogen) atoms. The second-order valence-electron chi connectivity index (χ2n) is 18.3. The number of nitrogens with two attached hydrogens (primary N) is 4. The van der Waals surface area contributed by atoms with Crippen LogP contribution in [0.1, 0.15) is 232 Å². The minimum Gasteiger partial charge on any atom is -0.368 e. The first-order chi connectivity index (χ1) is 31.5. The van der Waals surface area contributed by atoms with Crippen LogP contribution in [-0.4, -0.2) is 85.8 Å². The average molecular weight is 922 g/mol. The zero-order valence-electron chi connectivity index (χ0n) is 41.4. The predicted octanol–water partition coefficient (Wildman–Crippen LogP) is 6.71. The van der Waals surface area contributed by atoms with Gasteiger partial charge >= 0.3 is 0 Å². The highest BCUT2D eigenvalue weighted by molar-refractivity contribution is 5.95. The molecule has 0 saturated carbocycles. The maximum atomic E-state index is 14.0. The van der Waals surface area contributed by atoms with E-state index in [9.17, 15) is 28.8 Å². The minimum atomic E-state index is -1.04. The summed E-state index contributed by atoms with van der Waals surface area (Å²) in [6.07, 6.45) is 31.0. The van der Waals surface area contributed by atoms with Gasteiger partial charge in [0.2, 0.25) is 35.4 Å². The van der Waals surface area contributed by atoms with E-state index in [1.165, 1.54) is 96.3 Å². The molecular weight excluding hydrogens is 823 g/mol. The van der Waals surface area contributed by atoms with Crippen molar-refractivity contribution in [3.8, 4) is 0 Å². The normalized spacial score (nSPS) is 13.1. The topological polar surface area (TPSA) is 267 Å².